The molecule has 156 valence electrons. The van der Waals surface area contributed by atoms with Gasteiger partial charge in [0.2, 0.25) is 0 Å². The van der Waals surface area contributed by atoms with E-state index in [1.165, 1.54) is 5.57 Å². The standard InChI is InChI=1S/C24H34N4O/c1-24(23-10-6-7-15-27(23)2)13-11-20(12-14-24)17-28(26)18-22(29)21(25)16-19-8-4-3-5-9-19/h3-13,15,21-23,29H,14,16-18,25-26H2,1-2H3/t21-,22-,23?,24?/m0/s1. The van der Waals surface area contributed by atoms with Crippen molar-refractivity contribution in [3.8, 4) is 0 Å². The number of aliphatic hydroxyl groups is 1. The summed E-state index contributed by atoms with van der Waals surface area (Å²) in [7, 11) is 2.12. The van der Waals surface area contributed by atoms with Crippen molar-refractivity contribution in [1.82, 2.24) is 9.91 Å². The number of hydrazine groups is 1. The molecule has 0 bridgehead atoms. The van der Waals surface area contributed by atoms with Gasteiger partial charge < -0.3 is 15.7 Å². The molecule has 1 heterocycles. The lowest BCUT2D eigenvalue weighted by Gasteiger charge is -2.41. The van der Waals surface area contributed by atoms with Crippen LogP contribution in [0.1, 0.15) is 18.9 Å². The minimum absolute atomic E-state index is 0.0521. The quantitative estimate of drug-likeness (QED) is 0.466. The Kier molecular flexibility index (Phi) is 7.09. The number of benzene rings is 1. The second-order valence-corrected chi connectivity index (χ2v) is 8.51. The van der Waals surface area contributed by atoms with E-state index in [0.717, 1.165) is 12.0 Å². The summed E-state index contributed by atoms with van der Waals surface area (Å²) in [5.41, 5.74) is 8.53. The molecule has 5 heteroatoms. The number of aliphatic hydroxyl groups excluding tert-OH is 1. The average molecular weight is 395 g/mol. The molecule has 2 aliphatic rings. The Morgan fingerprint density at radius 2 is 2.03 bits per heavy atom. The first-order chi connectivity index (χ1) is 13.9. The molecule has 0 aromatic heterocycles. The van der Waals surface area contributed by atoms with Crippen molar-refractivity contribution < 1.29 is 5.11 Å². The van der Waals surface area contributed by atoms with Crippen molar-refractivity contribution in [2.75, 3.05) is 20.1 Å². The first-order valence-corrected chi connectivity index (χ1v) is 10.3. The van der Waals surface area contributed by atoms with Gasteiger partial charge in [-0.2, -0.15) is 0 Å². The van der Waals surface area contributed by atoms with Gasteiger partial charge in [-0.05, 0) is 36.3 Å². The van der Waals surface area contributed by atoms with Gasteiger partial charge >= 0.3 is 0 Å². The molecular formula is C24H34N4O. The van der Waals surface area contributed by atoms with Crippen molar-refractivity contribution in [2.45, 2.75) is 38.0 Å². The van der Waals surface area contributed by atoms with Crippen LogP contribution in [0, 0.1) is 5.41 Å². The van der Waals surface area contributed by atoms with Crippen LogP contribution in [-0.4, -0.2) is 53.3 Å². The molecule has 1 aliphatic carbocycles. The van der Waals surface area contributed by atoms with E-state index in [1.54, 1.807) is 5.01 Å². The molecule has 3 rings (SSSR count). The maximum atomic E-state index is 10.5. The molecule has 5 N–H and O–H groups in total. The zero-order chi connectivity index (χ0) is 20.9. The highest BCUT2D eigenvalue weighted by molar-refractivity contribution is 5.31. The summed E-state index contributed by atoms with van der Waals surface area (Å²) >= 11 is 0. The fourth-order valence-corrected chi connectivity index (χ4v) is 4.09. The molecular weight excluding hydrogens is 360 g/mol. The van der Waals surface area contributed by atoms with Gasteiger partial charge in [-0.3, -0.25) is 5.84 Å². The lowest BCUT2D eigenvalue weighted by atomic mass is 9.74. The maximum Gasteiger partial charge on any atom is 0.0835 e. The monoisotopic (exact) mass is 394 g/mol. The number of nitrogens with two attached hydrogens (primary N) is 2. The van der Waals surface area contributed by atoms with Gasteiger partial charge in [0.05, 0.1) is 12.1 Å². The van der Waals surface area contributed by atoms with E-state index in [2.05, 4.69) is 61.5 Å². The second-order valence-electron chi connectivity index (χ2n) is 8.51. The van der Waals surface area contributed by atoms with Crippen molar-refractivity contribution in [2.24, 2.45) is 17.0 Å². The highest BCUT2D eigenvalue weighted by Crippen LogP contribution is 2.37. The Labute approximate surface area is 174 Å². The lowest BCUT2D eigenvalue weighted by molar-refractivity contribution is 0.0952. The molecule has 0 spiro atoms. The summed E-state index contributed by atoms with van der Waals surface area (Å²) in [4.78, 5) is 2.25. The van der Waals surface area contributed by atoms with Gasteiger partial charge in [0.15, 0.2) is 0 Å². The zero-order valence-corrected chi connectivity index (χ0v) is 17.5. The predicted octanol–water partition coefficient (Wildman–Crippen LogP) is 2.37. The first kappa shape index (κ1) is 21.5. The third-order valence-corrected chi connectivity index (χ3v) is 5.94. The molecule has 1 aromatic carbocycles. The maximum absolute atomic E-state index is 10.5. The number of rotatable bonds is 8. The topological polar surface area (TPSA) is 78.8 Å². The molecule has 2 unspecified atom stereocenters. The number of nitrogens with zero attached hydrogens (tertiary/aromatic N) is 2. The number of hydrogen-bond donors (Lipinski definition) is 3. The van der Waals surface area contributed by atoms with Crippen LogP contribution < -0.4 is 11.6 Å². The van der Waals surface area contributed by atoms with E-state index in [4.69, 9.17) is 11.6 Å². The smallest absolute Gasteiger partial charge is 0.0835 e. The van der Waals surface area contributed by atoms with E-state index in [1.807, 2.05) is 30.3 Å². The third-order valence-electron chi connectivity index (χ3n) is 5.94. The second kappa shape index (κ2) is 9.55. The summed E-state index contributed by atoms with van der Waals surface area (Å²) in [6, 6.07) is 9.99. The molecule has 1 aromatic rings. The Balaban J connectivity index is 1.49. The van der Waals surface area contributed by atoms with Crippen LogP contribution >= 0.6 is 0 Å². The molecule has 0 radical (unpaired) electrons. The van der Waals surface area contributed by atoms with Gasteiger partial charge in [0.1, 0.15) is 0 Å². The van der Waals surface area contributed by atoms with E-state index in [-0.39, 0.29) is 11.5 Å². The van der Waals surface area contributed by atoms with Crippen LogP contribution in [0.4, 0.5) is 0 Å². The molecule has 0 fully saturated rings. The number of hydrogen-bond acceptors (Lipinski definition) is 5. The Morgan fingerprint density at radius 1 is 1.28 bits per heavy atom. The summed E-state index contributed by atoms with van der Waals surface area (Å²) in [5, 5.41) is 12.1. The largest absolute Gasteiger partial charge is 0.390 e. The minimum atomic E-state index is -0.675. The Morgan fingerprint density at radius 3 is 2.69 bits per heavy atom. The van der Waals surface area contributed by atoms with E-state index in [0.29, 0.717) is 25.6 Å². The summed E-state index contributed by atoms with van der Waals surface area (Å²) < 4.78 is 0. The molecule has 4 atom stereocenters. The summed E-state index contributed by atoms with van der Waals surface area (Å²) in [5.74, 6) is 6.18. The van der Waals surface area contributed by atoms with Gasteiger partial charge in [-0.25, -0.2) is 5.01 Å². The minimum Gasteiger partial charge on any atom is -0.390 e. The fourth-order valence-electron chi connectivity index (χ4n) is 4.09. The van der Waals surface area contributed by atoms with E-state index >= 15 is 0 Å². The van der Waals surface area contributed by atoms with E-state index in [9.17, 15) is 5.11 Å². The first-order valence-electron chi connectivity index (χ1n) is 10.3. The molecule has 0 saturated carbocycles. The Hall–Kier alpha value is -2.18. The van der Waals surface area contributed by atoms with Gasteiger partial charge in [0, 0.05) is 31.6 Å². The van der Waals surface area contributed by atoms with Crippen molar-refractivity contribution in [3.63, 3.8) is 0 Å². The highest BCUT2D eigenvalue weighted by atomic mass is 16.3. The van der Waals surface area contributed by atoms with Gasteiger partial charge in [0.25, 0.3) is 0 Å². The molecule has 1 aliphatic heterocycles. The van der Waals surface area contributed by atoms with Crippen molar-refractivity contribution in [1.29, 1.82) is 0 Å². The lowest BCUT2D eigenvalue weighted by Crippen LogP contribution is -2.47. The van der Waals surface area contributed by atoms with Crippen LogP contribution in [0.15, 0.2) is 78.6 Å². The van der Waals surface area contributed by atoms with Crippen LogP contribution in [0.25, 0.3) is 0 Å². The predicted molar refractivity (Wildman–Crippen MR) is 120 cm³/mol. The Bertz CT molecular complexity index is 785. The SMILES string of the molecule is CN1C=CC=CC1C1(C)C=CC(CN(N)C[C@H](O)[C@@H](N)Cc2ccccc2)=CC1. The normalized spacial score (nSPS) is 25.9. The average Bonchev–Trinajstić information content (AvgIpc) is 2.71. The zero-order valence-electron chi connectivity index (χ0n) is 17.5. The number of likely N-dealkylation sites (N-methyl/N-ethyl adjacent to an activating group) is 1. The van der Waals surface area contributed by atoms with Gasteiger partial charge in [-0.15, -0.1) is 0 Å². The molecule has 5 nitrogen and oxygen atoms in total. The highest BCUT2D eigenvalue weighted by Gasteiger charge is 2.33. The summed E-state index contributed by atoms with van der Waals surface area (Å²) in [6.45, 7) is 3.22. The fraction of sp³-hybridized carbons (Fsp3) is 0.417. The van der Waals surface area contributed by atoms with Crippen LogP contribution in [0.5, 0.6) is 0 Å². The molecule has 0 saturated heterocycles. The van der Waals surface area contributed by atoms with E-state index < -0.39 is 6.10 Å². The van der Waals surface area contributed by atoms with Crippen molar-refractivity contribution >= 4 is 0 Å². The molecule has 0 amide bonds. The number of allylic oxidation sites excluding steroid dienone is 3. The van der Waals surface area contributed by atoms with Crippen LogP contribution in [0.2, 0.25) is 0 Å². The van der Waals surface area contributed by atoms with Gasteiger partial charge in [-0.1, -0.05) is 67.6 Å². The van der Waals surface area contributed by atoms with Crippen LogP contribution in [-0.2, 0) is 6.42 Å². The third kappa shape index (κ3) is 5.67. The molecule has 29 heavy (non-hydrogen) atoms. The van der Waals surface area contributed by atoms with Crippen molar-refractivity contribution in [3.05, 3.63) is 84.1 Å². The summed E-state index contributed by atoms with van der Waals surface area (Å²) in [6.07, 6.45) is 16.2. The van der Waals surface area contributed by atoms with Crippen LogP contribution in [0.3, 0.4) is 0 Å².